The van der Waals surface area contributed by atoms with Crippen molar-refractivity contribution in [1.82, 2.24) is 20.3 Å². The number of ether oxygens (including phenoxy) is 1. The first-order valence-corrected chi connectivity index (χ1v) is 8.92. The van der Waals surface area contributed by atoms with Gasteiger partial charge in [0.15, 0.2) is 5.82 Å². The molecule has 3 N–H and O–H groups in total. The highest BCUT2D eigenvalue weighted by atomic mass is 16.5. The van der Waals surface area contributed by atoms with Gasteiger partial charge in [-0.15, -0.1) is 0 Å². The van der Waals surface area contributed by atoms with Gasteiger partial charge in [0.1, 0.15) is 5.82 Å². The van der Waals surface area contributed by atoms with Gasteiger partial charge in [0.25, 0.3) is 0 Å². The first-order chi connectivity index (χ1) is 12.3. The average Bonchev–Trinajstić information content (AvgIpc) is 2.93. The fourth-order valence-electron chi connectivity index (χ4n) is 3.47. The SMILES string of the molecule is NC[C@H]1CN(c2nc(-c3cccnc3)nc3c2CCNCC3)CCO1. The van der Waals surface area contributed by atoms with Crippen molar-refractivity contribution in [2.24, 2.45) is 5.73 Å². The van der Waals surface area contributed by atoms with Gasteiger partial charge in [-0.05, 0) is 25.1 Å². The van der Waals surface area contributed by atoms with Crippen LogP contribution in [0, 0.1) is 0 Å². The molecule has 0 aromatic carbocycles. The summed E-state index contributed by atoms with van der Waals surface area (Å²) < 4.78 is 5.73. The van der Waals surface area contributed by atoms with Crippen molar-refractivity contribution < 1.29 is 4.74 Å². The molecule has 132 valence electrons. The average molecular weight is 340 g/mol. The Morgan fingerprint density at radius 2 is 2.20 bits per heavy atom. The molecule has 2 aromatic heterocycles. The summed E-state index contributed by atoms with van der Waals surface area (Å²) in [4.78, 5) is 16.3. The van der Waals surface area contributed by atoms with E-state index in [1.54, 1.807) is 6.20 Å². The molecular formula is C18H24N6O. The number of nitrogens with zero attached hydrogens (tertiary/aromatic N) is 4. The van der Waals surface area contributed by atoms with E-state index in [2.05, 4.69) is 15.2 Å². The van der Waals surface area contributed by atoms with Crippen molar-refractivity contribution in [3.63, 3.8) is 0 Å². The van der Waals surface area contributed by atoms with Gasteiger partial charge in [0.2, 0.25) is 0 Å². The molecule has 4 rings (SSSR count). The van der Waals surface area contributed by atoms with Crippen LogP contribution in [0.15, 0.2) is 24.5 Å². The molecule has 0 aliphatic carbocycles. The molecule has 25 heavy (non-hydrogen) atoms. The van der Waals surface area contributed by atoms with E-state index in [-0.39, 0.29) is 6.10 Å². The summed E-state index contributed by atoms with van der Waals surface area (Å²) in [6.45, 7) is 4.73. The maximum atomic E-state index is 5.82. The zero-order valence-electron chi connectivity index (χ0n) is 14.3. The van der Waals surface area contributed by atoms with E-state index >= 15 is 0 Å². The lowest BCUT2D eigenvalue weighted by Crippen LogP contribution is -2.46. The molecule has 0 radical (unpaired) electrons. The Morgan fingerprint density at radius 3 is 3.04 bits per heavy atom. The summed E-state index contributed by atoms with van der Waals surface area (Å²) in [6.07, 6.45) is 5.52. The number of hydrogen-bond acceptors (Lipinski definition) is 7. The van der Waals surface area contributed by atoms with Crippen LogP contribution < -0.4 is 16.0 Å². The quantitative estimate of drug-likeness (QED) is 0.835. The van der Waals surface area contributed by atoms with E-state index < -0.39 is 0 Å². The Morgan fingerprint density at radius 1 is 1.28 bits per heavy atom. The third kappa shape index (κ3) is 3.49. The molecule has 1 saturated heterocycles. The van der Waals surface area contributed by atoms with E-state index in [1.807, 2.05) is 18.3 Å². The molecule has 0 bridgehead atoms. The molecular weight excluding hydrogens is 316 g/mol. The highest BCUT2D eigenvalue weighted by molar-refractivity contribution is 5.60. The third-order valence-corrected chi connectivity index (χ3v) is 4.78. The van der Waals surface area contributed by atoms with E-state index in [4.69, 9.17) is 20.4 Å². The Labute approximate surface area is 147 Å². The standard InChI is InChI=1S/C18H24N6O/c19-10-14-12-24(8-9-25-14)18-15-3-6-20-7-4-16(15)22-17(23-18)13-2-1-5-21-11-13/h1-2,5,11,14,20H,3-4,6-10,12,19H2/t14-/m0/s1. The number of anilines is 1. The monoisotopic (exact) mass is 340 g/mol. The van der Waals surface area contributed by atoms with Gasteiger partial charge in [0, 0.05) is 56.1 Å². The molecule has 0 unspecified atom stereocenters. The minimum Gasteiger partial charge on any atom is -0.373 e. The Kier molecular flexibility index (Phi) is 4.87. The van der Waals surface area contributed by atoms with Gasteiger partial charge in [0.05, 0.1) is 18.4 Å². The Balaban J connectivity index is 1.78. The van der Waals surface area contributed by atoms with Gasteiger partial charge in [-0.1, -0.05) is 0 Å². The van der Waals surface area contributed by atoms with Crippen LogP contribution in [0.5, 0.6) is 0 Å². The maximum absolute atomic E-state index is 5.82. The normalized spacial score (nSPS) is 20.8. The topological polar surface area (TPSA) is 89.2 Å². The van der Waals surface area contributed by atoms with Gasteiger partial charge < -0.3 is 20.7 Å². The molecule has 0 amide bonds. The van der Waals surface area contributed by atoms with E-state index in [0.29, 0.717) is 13.2 Å². The highest BCUT2D eigenvalue weighted by Crippen LogP contribution is 2.28. The lowest BCUT2D eigenvalue weighted by molar-refractivity contribution is 0.0462. The van der Waals surface area contributed by atoms with Gasteiger partial charge in [-0.3, -0.25) is 4.98 Å². The van der Waals surface area contributed by atoms with Crippen molar-refractivity contribution in [2.75, 3.05) is 44.2 Å². The zero-order valence-corrected chi connectivity index (χ0v) is 14.3. The second-order valence-corrected chi connectivity index (χ2v) is 6.46. The minimum absolute atomic E-state index is 0.0603. The number of aromatic nitrogens is 3. The molecule has 2 aliphatic rings. The van der Waals surface area contributed by atoms with Crippen molar-refractivity contribution in [1.29, 1.82) is 0 Å². The second-order valence-electron chi connectivity index (χ2n) is 6.46. The van der Waals surface area contributed by atoms with Crippen LogP contribution in [-0.4, -0.2) is 60.4 Å². The summed E-state index contributed by atoms with van der Waals surface area (Å²) in [5.41, 5.74) is 9.18. The van der Waals surface area contributed by atoms with Crippen molar-refractivity contribution in [2.45, 2.75) is 18.9 Å². The van der Waals surface area contributed by atoms with Gasteiger partial charge in [-0.2, -0.15) is 0 Å². The van der Waals surface area contributed by atoms with Crippen LogP contribution >= 0.6 is 0 Å². The number of nitrogens with two attached hydrogens (primary N) is 1. The number of rotatable bonds is 3. The molecule has 7 nitrogen and oxygen atoms in total. The van der Waals surface area contributed by atoms with E-state index in [1.165, 1.54) is 5.56 Å². The lowest BCUT2D eigenvalue weighted by Gasteiger charge is -2.34. The van der Waals surface area contributed by atoms with Gasteiger partial charge in [-0.25, -0.2) is 9.97 Å². The Bertz CT molecular complexity index is 723. The van der Waals surface area contributed by atoms with Crippen LogP contribution in [0.25, 0.3) is 11.4 Å². The first-order valence-electron chi connectivity index (χ1n) is 8.92. The largest absolute Gasteiger partial charge is 0.373 e. The fraction of sp³-hybridized carbons (Fsp3) is 0.500. The van der Waals surface area contributed by atoms with E-state index in [9.17, 15) is 0 Å². The molecule has 2 aliphatic heterocycles. The van der Waals surface area contributed by atoms with Crippen LogP contribution in [0.2, 0.25) is 0 Å². The number of pyridine rings is 1. The number of hydrogen-bond donors (Lipinski definition) is 2. The summed E-state index contributed by atoms with van der Waals surface area (Å²) in [5, 5.41) is 3.46. The van der Waals surface area contributed by atoms with Crippen LogP contribution in [0.3, 0.4) is 0 Å². The van der Waals surface area contributed by atoms with Crippen LogP contribution in [0.4, 0.5) is 5.82 Å². The third-order valence-electron chi connectivity index (χ3n) is 4.78. The predicted molar refractivity (Wildman–Crippen MR) is 96.5 cm³/mol. The minimum atomic E-state index is 0.0603. The van der Waals surface area contributed by atoms with Crippen molar-refractivity contribution >= 4 is 5.82 Å². The molecule has 1 fully saturated rings. The number of fused-ring (bicyclic) bond motifs is 1. The Hall–Kier alpha value is -2.09. The molecule has 0 saturated carbocycles. The number of nitrogens with one attached hydrogen (secondary N) is 1. The molecule has 0 spiro atoms. The zero-order chi connectivity index (χ0) is 17.1. The highest BCUT2D eigenvalue weighted by Gasteiger charge is 2.26. The van der Waals surface area contributed by atoms with E-state index in [0.717, 1.165) is 61.9 Å². The lowest BCUT2D eigenvalue weighted by atomic mass is 10.1. The van der Waals surface area contributed by atoms with Crippen molar-refractivity contribution in [3.8, 4) is 11.4 Å². The number of morpholine rings is 1. The summed E-state index contributed by atoms with van der Waals surface area (Å²) in [6, 6.07) is 3.93. The summed E-state index contributed by atoms with van der Waals surface area (Å²) in [5.74, 6) is 1.79. The van der Waals surface area contributed by atoms with Crippen LogP contribution in [0.1, 0.15) is 11.3 Å². The first kappa shape index (κ1) is 16.4. The van der Waals surface area contributed by atoms with Crippen LogP contribution in [-0.2, 0) is 17.6 Å². The smallest absolute Gasteiger partial charge is 0.163 e. The molecule has 1 atom stereocenters. The summed E-state index contributed by atoms with van der Waals surface area (Å²) in [7, 11) is 0. The second kappa shape index (κ2) is 7.43. The fourth-order valence-corrected chi connectivity index (χ4v) is 3.47. The maximum Gasteiger partial charge on any atom is 0.163 e. The van der Waals surface area contributed by atoms with Crippen molar-refractivity contribution in [3.05, 3.63) is 35.8 Å². The molecule has 4 heterocycles. The van der Waals surface area contributed by atoms with Gasteiger partial charge >= 0.3 is 0 Å². The molecule has 2 aromatic rings. The predicted octanol–water partition coefficient (Wildman–Crippen LogP) is 0.391. The summed E-state index contributed by atoms with van der Waals surface area (Å²) >= 11 is 0. The molecule has 7 heteroatoms.